The van der Waals surface area contributed by atoms with Gasteiger partial charge < -0.3 is 9.84 Å². The molecule has 2 aromatic rings. The molecule has 0 aliphatic rings. The van der Waals surface area contributed by atoms with Crippen LogP contribution in [0.5, 0.6) is 5.75 Å². The number of benzene rings is 1. The summed E-state index contributed by atoms with van der Waals surface area (Å²) in [6.45, 7) is 0.460. The molecule has 1 aromatic heterocycles. The van der Waals surface area contributed by atoms with Crippen molar-refractivity contribution in [2.75, 3.05) is 0 Å². The summed E-state index contributed by atoms with van der Waals surface area (Å²) in [7, 11) is 0. The average molecular weight is 392 g/mol. The quantitative estimate of drug-likeness (QED) is 0.831. The minimum absolute atomic E-state index is 0.230. The zero-order valence-electron chi connectivity index (χ0n) is 9.02. The van der Waals surface area contributed by atoms with Crippen molar-refractivity contribution >= 4 is 49.2 Å². The molecule has 0 spiro atoms. The van der Waals surface area contributed by atoms with Gasteiger partial charge in [0.2, 0.25) is 0 Å². The number of halogens is 2. The number of rotatable bonds is 4. The predicted molar refractivity (Wildman–Crippen MR) is 77.5 cm³/mol. The Morgan fingerprint density at radius 2 is 2.06 bits per heavy atom. The van der Waals surface area contributed by atoms with Gasteiger partial charge in [-0.2, -0.15) is 0 Å². The summed E-state index contributed by atoms with van der Waals surface area (Å²) in [6.07, 6.45) is 0. The average Bonchev–Trinajstić information content (AvgIpc) is 2.73. The zero-order chi connectivity index (χ0) is 13.1. The minimum Gasteiger partial charge on any atom is -0.487 e. The van der Waals surface area contributed by atoms with Gasteiger partial charge in [0.15, 0.2) is 0 Å². The molecule has 18 heavy (non-hydrogen) atoms. The smallest absolute Gasteiger partial charge is 0.335 e. The molecule has 0 amide bonds. The van der Waals surface area contributed by atoms with Crippen LogP contribution in [0.3, 0.4) is 0 Å². The SMILES string of the molecule is O=C(O)c1ccc(OCc2ccc(Br)s2)c(Br)c1. The summed E-state index contributed by atoms with van der Waals surface area (Å²) >= 11 is 8.29. The molecule has 6 heteroatoms. The molecule has 3 nitrogen and oxygen atoms in total. The van der Waals surface area contributed by atoms with Crippen molar-refractivity contribution in [3.63, 3.8) is 0 Å². The Bertz CT molecular complexity index is 580. The highest BCUT2D eigenvalue weighted by Gasteiger charge is 2.08. The Morgan fingerprint density at radius 1 is 1.28 bits per heavy atom. The Kier molecular flexibility index (Phi) is 4.42. The van der Waals surface area contributed by atoms with Crippen molar-refractivity contribution < 1.29 is 14.6 Å². The Hall–Kier alpha value is -0.850. The van der Waals surface area contributed by atoms with Crippen LogP contribution in [-0.4, -0.2) is 11.1 Å². The summed E-state index contributed by atoms with van der Waals surface area (Å²) < 4.78 is 7.31. The lowest BCUT2D eigenvalue weighted by molar-refractivity contribution is 0.0697. The van der Waals surface area contributed by atoms with E-state index in [0.29, 0.717) is 16.8 Å². The molecule has 0 atom stereocenters. The first kappa shape index (κ1) is 13.6. The Morgan fingerprint density at radius 3 is 2.61 bits per heavy atom. The van der Waals surface area contributed by atoms with E-state index in [0.717, 1.165) is 8.66 Å². The third kappa shape index (κ3) is 3.34. The van der Waals surface area contributed by atoms with Gasteiger partial charge in [-0.05, 0) is 62.2 Å². The van der Waals surface area contributed by atoms with E-state index in [-0.39, 0.29) is 5.56 Å². The second kappa shape index (κ2) is 5.86. The van der Waals surface area contributed by atoms with E-state index in [1.807, 2.05) is 12.1 Å². The van der Waals surface area contributed by atoms with E-state index < -0.39 is 5.97 Å². The maximum atomic E-state index is 10.8. The number of hydrogen-bond donors (Lipinski definition) is 1. The van der Waals surface area contributed by atoms with Crippen molar-refractivity contribution in [1.29, 1.82) is 0 Å². The lowest BCUT2D eigenvalue weighted by Crippen LogP contribution is -1.98. The summed E-state index contributed by atoms with van der Waals surface area (Å²) in [5.74, 6) is -0.325. The normalized spacial score (nSPS) is 10.3. The predicted octanol–water partition coefficient (Wildman–Crippen LogP) is 4.55. The first-order chi connectivity index (χ1) is 8.56. The first-order valence-electron chi connectivity index (χ1n) is 4.96. The van der Waals surface area contributed by atoms with Crippen LogP contribution in [0.4, 0.5) is 0 Å². The van der Waals surface area contributed by atoms with E-state index in [1.54, 1.807) is 17.4 Å². The maximum Gasteiger partial charge on any atom is 0.335 e. The van der Waals surface area contributed by atoms with Crippen LogP contribution >= 0.6 is 43.2 Å². The second-order valence-electron chi connectivity index (χ2n) is 3.44. The van der Waals surface area contributed by atoms with E-state index in [1.165, 1.54) is 12.1 Å². The van der Waals surface area contributed by atoms with Gasteiger partial charge in [-0.15, -0.1) is 11.3 Å². The lowest BCUT2D eigenvalue weighted by Gasteiger charge is -2.07. The van der Waals surface area contributed by atoms with Gasteiger partial charge in [0.05, 0.1) is 13.8 Å². The molecule has 2 rings (SSSR count). The Balaban J connectivity index is 2.08. The molecule has 0 saturated carbocycles. The van der Waals surface area contributed by atoms with E-state index in [9.17, 15) is 4.79 Å². The van der Waals surface area contributed by atoms with E-state index >= 15 is 0 Å². The minimum atomic E-state index is -0.954. The standard InChI is InChI=1S/C12H8Br2O3S/c13-9-5-7(12(15)16)1-3-10(9)17-6-8-2-4-11(14)18-8/h1-5H,6H2,(H,15,16). The van der Waals surface area contributed by atoms with Gasteiger partial charge in [-0.1, -0.05) is 0 Å². The number of ether oxygens (including phenoxy) is 1. The van der Waals surface area contributed by atoms with Crippen molar-refractivity contribution in [2.45, 2.75) is 6.61 Å². The van der Waals surface area contributed by atoms with Gasteiger partial charge in [-0.3, -0.25) is 0 Å². The first-order valence-corrected chi connectivity index (χ1v) is 7.36. The summed E-state index contributed by atoms with van der Waals surface area (Å²) in [6, 6.07) is 8.64. The monoisotopic (exact) mass is 390 g/mol. The van der Waals surface area contributed by atoms with Crippen molar-refractivity contribution in [3.8, 4) is 5.75 Å². The second-order valence-corrected chi connectivity index (χ2v) is 6.85. The molecule has 0 fully saturated rings. The third-order valence-electron chi connectivity index (χ3n) is 2.18. The van der Waals surface area contributed by atoms with Crippen molar-refractivity contribution in [2.24, 2.45) is 0 Å². The molecule has 0 radical (unpaired) electrons. The Labute approximate surface area is 125 Å². The van der Waals surface area contributed by atoms with E-state index in [4.69, 9.17) is 9.84 Å². The number of carboxylic acid groups (broad SMARTS) is 1. The van der Waals surface area contributed by atoms with Gasteiger partial charge in [-0.25, -0.2) is 4.79 Å². The molecule has 1 N–H and O–H groups in total. The molecule has 0 unspecified atom stereocenters. The summed E-state index contributed by atoms with van der Waals surface area (Å²) in [5, 5.41) is 8.85. The molecule has 1 aromatic carbocycles. The maximum absolute atomic E-state index is 10.8. The number of aromatic carboxylic acids is 1. The summed E-state index contributed by atoms with van der Waals surface area (Å²) in [5.41, 5.74) is 0.230. The van der Waals surface area contributed by atoms with Crippen LogP contribution in [0.15, 0.2) is 38.6 Å². The van der Waals surface area contributed by atoms with Crippen LogP contribution < -0.4 is 4.74 Å². The van der Waals surface area contributed by atoms with Gasteiger partial charge >= 0.3 is 5.97 Å². The fourth-order valence-electron chi connectivity index (χ4n) is 1.33. The fraction of sp³-hybridized carbons (Fsp3) is 0.0833. The highest BCUT2D eigenvalue weighted by atomic mass is 79.9. The third-order valence-corrected chi connectivity index (χ3v) is 4.39. The molecule has 1 heterocycles. The molecule has 0 aliphatic carbocycles. The fourth-order valence-corrected chi connectivity index (χ4v) is 3.22. The van der Waals surface area contributed by atoms with Crippen LogP contribution in [0.1, 0.15) is 15.2 Å². The molecule has 94 valence electrons. The number of thiophene rings is 1. The van der Waals surface area contributed by atoms with Crippen LogP contribution in [-0.2, 0) is 6.61 Å². The summed E-state index contributed by atoms with van der Waals surface area (Å²) in [4.78, 5) is 11.9. The van der Waals surface area contributed by atoms with Crippen molar-refractivity contribution in [3.05, 3.63) is 49.0 Å². The number of carboxylic acids is 1. The molecule has 0 bridgehead atoms. The zero-order valence-corrected chi connectivity index (χ0v) is 13.0. The molecule has 0 saturated heterocycles. The van der Waals surface area contributed by atoms with E-state index in [2.05, 4.69) is 31.9 Å². The van der Waals surface area contributed by atoms with Gasteiger partial charge in [0.25, 0.3) is 0 Å². The lowest BCUT2D eigenvalue weighted by atomic mass is 10.2. The molecular formula is C12H8Br2O3S. The highest BCUT2D eigenvalue weighted by molar-refractivity contribution is 9.11. The van der Waals surface area contributed by atoms with Gasteiger partial charge in [0, 0.05) is 4.88 Å². The molecule has 0 aliphatic heterocycles. The topological polar surface area (TPSA) is 46.5 Å². The van der Waals surface area contributed by atoms with Crippen LogP contribution in [0.2, 0.25) is 0 Å². The number of carbonyl (C=O) groups is 1. The van der Waals surface area contributed by atoms with Crippen LogP contribution in [0.25, 0.3) is 0 Å². The van der Waals surface area contributed by atoms with Gasteiger partial charge in [0.1, 0.15) is 12.4 Å². The van der Waals surface area contributed by atoms with Crippen LogP contribution in [0, 0.1) is 0 Å². The highest BCUT2D eigenvalue weighted by Crippen LogP contribution is 2.28. The number of hydrogen-bond acceptors (Lipinski definition) is 3. The molecular weight excluding hydrogens is 384 g/mol. The largest absolute Gasteiger partial charge is 0.487 e. The van der Waals surface area contributed by atoms with Crippen molar-refractivity contribution in [1.82, 2.24) is 0 Å².